The molecule has 6 nitrogen and oxygen atoms in total. The molecule has 3 rings (SSSR count). The van der Waals surface area contributed by atoms with Crippen LogP contribution in [0.15, 0.2) is 36.7 Å². The summed E-state index contributed by atoms with van der Waals surface area (Å²) in [7, 11) is 0. The monoisotopic (exact) mass is 355 g/mol. The molecule has 0 spiro atoms. The lowest BCUT2D eigenvalue weighted by Gasteiger charge is -2.06. The normalized spacial score (nSPS) is 11.2. The van der Waals surface area contributed by atoms with E-state index in [1.54, 1.807) is 16.3 Å². The summed E-state index contributed by atoms with van der Waals surface area (Å²) in [4.78, 5) is 16.8. The number of hydrogen-bond acceptors (Lipinski definition) is 5. The van der Waals surface area contributed by atoms with Crippen LogP contribution in [0.1, 0.15) is 41.4 Å². The standard InChI is InChI=1S/C18H21N5OS/c1-11(2)15-8-14(16-17(19)20-10-21-23(15)16)18(24)22-13-6-4-12(5-7-13)9-25-3/h4-8,10-11H,9H2,1-3H3,(H,22,24)(H2,19,20,21). The minimum Gasteiger partial charge on any atom is -0.382 e. The van der Waals surface area contributed by atoms with E-state index in [1.807, 2.05) is 44.2 Å². The first kappa shape index (κ1) is 17.3. The lowest BCUT2D eigenvalue weighted by atomic mass is 10.1. The van der Waals surface area contributed by atoms with E-state index in [9.17, 15) is 4.79 Å². The van der Waals surface area contributed by atoms with Crippen molar-refractivity contribution in [2.24, 2.45) is 0 Å². The minimum absolute atomic E-state index is 0.203. The molecule has 2 aromatic heterocycles. The van der Waals surface area contributed by atoms with Crippen molar-refractivity contribution in [3.63, 3.8) is 0 Å². The average Bonchev–Trinajstić information content (AvgIpc) is 2.98. The number of aromatic nitrogens is 3. The molecule has 7 heteroatoms. The van der Waals surface area contributed by atoms with Gasteiger partial charge in [0.1, 0.15) is 11.8 Å². The molecule has 0 saturated carbocycles. The number of nitrogen functional groups attached to an aromatic ring is 1. The fourth-order valence-electron chi connectivity index (χ4n) is 2.73. The third-order valence-corrected chi connectivity index (χ3v) is 4.59. The largest absolute Gasteiger partial charge is 0.382 e. The van der Waals surface area contributed by atoms with Crippen LogP contribution in [0.3, 0.4) is 0 Å². The first-order chi connectivity index (χ1) is 12.0. The summed E-state index contributed by atoms with van der Waals surface area (Å²) in [5.41, 5.74) is 9.92. The van der Waals surface area contributed by atoms with Gasteiger partial charge in [-0.3, -0.25) is 4.79 Å². The van der Waals surface area contributed by atoms with Crippen molar-refractivity contribution >= 4 is 34.7 Å². The van der Waals surface area contributed by atoms with Gasteiger partial charge in [-0.05, 0) is 35.9 Å². The molecular weight excluding hydrogens is 334 g/mol. The Balaban J connectivity index is 1.94. The van der Waals surface area contributed by atoms with Crippen LogP contribution in [-0.2, 0) is 5.75 Å². The summed E-state index contributed by atoms with van der Waals surface area (Å²) >= 11 is 1.76. The number of thioether (sulfide) groups is 1. The van der Waals surface area contributed by atoms with Gasteiger partial charge in [-0.2, -0.15) is 16.9 Å². The second-order valence-corrected chi connectivity index (χ2v) is 6.99. The number of hydrogen-bond donors (Lipinski definition) is 2. The molecule has 0 atom stereocenters. The van der Waals surface area contributed by atoms with Gasteiger partial charge in [0.15, 0.2) is 5.82 Å². The summed E-state index contributed by atoms with van der Waals surface area (Å²) in [5, 5.41) is 7.18. The number of nitrogens with zero attached hydrogens (tertiary/aromatic N) is 3. The van der Waals surface area contributed by atoms with Crippen molar-refractivity contribution in [2.75, 3.05) is 17.3 Å². The van der Waals surface area contributed by atoms with Gasteiger partial charge in [-0.1, -0.05) is 26.0 Å². The van der Waals surface area contributed by atoms with Crippen molar-refractivity contribution < 1.29 is 4.79 Å². The van der Waals surface area contributed by atoms with Crippen LogP contribution < -0.4 is 11.1 Å². The number of carbonyl (C=O) groups is 1. The molecular formula is C18H21N5OS. The van der Waals surface area contributed by atoms with E-state index >= 15 is 0 Å². The number of fused-ring (bicyclic) bond motifs is 1. The molecule has 0 aliphatic carbocycles. The molecule has 130 valence electrons. The van der Waals surface area contributed by atoms with Crippen molar-refractivity contribution in [3.05, 3.63) is 53.5 Å². The molecule has 3 N–H and O–H groups in total. The number of carbonyl (C=O) groups excluding carboxylic acids is 1. The maximum atomic E-state index is 12.8. The second-order valence-electron chi connectivity index (χ2n) is 6.13. The number of benzene rings is 1. The van der Waals surface area contributed by atoms with Crippen molar-refractivity contribution in [1.29, 1.82) is 0 Å². The van der Waals surface area contributed by atoms with E-state index in [0.717, 1.165) is 17.1 Å². The lowest BCUT2D eigenvalue weighted by Crippen LogP contribution is -2.12. The van der Waals surface area contributed by atoms with Gasteiger partial charge < -0.3 is 11.1 Å². The predicted molar refractivity (Wildman–Crippen MR) is 103 cm³/mol. The molecule has 0 aliphatic heterocycles. The molecule has 25 heavy (non-hydrogen) atoms. The van der Waals surface area contributed by atoms with E-state index in [-0.39, 0.29) is 11.8 Å². The highest BCUT2D eigenvalue weighted by Gasteiger charge is 2.20. The Bertz CT molecular complexity index is 902. The van der Waals surface area contributed by atoms with Gasteiger partial charge in [0.25, 0.3) is 5.91 Å². The molecule has 0 fully saturated rings. The average molecular weight is 355 g/mol. The van der Waals surface area contributed by atoms with Gasteiger partial charge in [0.05, 0.1) is 5.56 Å². The third kappa shape index (κ3) is 3.46. The van der Waals surface area contributed by atoms with Crippen LogP contribution in [-0.4, -0.2) is 26.8 Å². The molecule has 1 aromatic carbocycles. The zero-order valence-corrected chi connectivity index (χ0v) is 15.3. The van der Waals surface area contributed by atoms with Crippen molar-refractivity contribution in [2.45, 2.75) is 25.5 Å². The number of anilines is 2. The smallest absolute Gasteiger partial charge is 0.258 e. The Morgan fingerprint density at radius 1 is 1.32 bits per heavy atom. The maximum absolute atomic E-state index is 12.8. The minimum atomic E-state index is -0.219. The zero-order chi connectivity index (χ0) is 18.0. The Labute approximate surface area is 150 Å². The van der Waals surface area contributed by atoms with E-state index in [1.165, 1.54) is 11.9 Å². The van der Waals surface area contributed by atoms with E-state index in [4.69, 9.17) is 5.73 Å². The SMILES string of the molecule is CSCc1ccc(NC(=O)c2cc(C(C)C)n3ncnc(N)c23)cc1. The van der Waals surface area contributed by atoms with Gasteiger partial charge in [0.2, 0.25) is 0 Å². The molecule has 0 radical (unpaired) electrons. The molecule has 2 heterocycles. The second kappa shape index (κ2) is 7.14. The third-order valence-electron chi connectivity index (χ3n) is 3.97. The first-order valence-electron chi connectivity index (χ1n) is 8.02. The zero-order valence-electron chi connectivity index (χ0n) is 14.5. The molecule has 1 amide bonds. The number of amides is 1. The van der Waals surface area contributed by atoms with E-state index in [0.29, 0.717) is 16.9 Å². The fourth-order valence-corrected chi connectivity index (χ4v) is 3.25. The van der Waals surface area contributed by atoms with E-state index in [2.05, 4.69) is 21.7 Å². The summed E-state index contributed by atoms with van der Waals surface area (Å²) < 4.78 is 1.70. The van der Waals surface area contributed by atoms with Gasteiger partial charge in [0, 0.05) is 17.1 Å². The Kier molecular flexibility index (Phi) is 4.94. The predicted octanol–water partition coefficient (Wildman–Crippen LogP) is 3.55. The Hall–Kier alpha value is -2.54. The maximum Gasteiger partial charge on any atom is 0.258 e. The molecule has 0 saturated heterocycles. The molecule has 0 aliphatic rings. The highest BCUT2D eigenvalue weighted by Crippen LogP contribution is 2.26. The number of nitrogens with two attached hydrogens (primary N) is 1. The van der Waals surface area contributed by atoms with Gasteiger partial charge >= 0.3 is 0 Å². The lowest BCUT2D eigenvalue weighted by molar-refractivity contribution is 0.102. The summed E-state index contributed by atoms with van der Waals surface area (Å²) in [6.45, 7) is 4.10. The van der Waals surface area contributed by atoms with Crippen LogP contribution in [0.4, 0.5) is 11.5 Å². The summed E-state index contributed by atoms with van der Waals surface area (Å²) in [6, 6.07) is 9.68. The number of rotatable bonds is 5. The Morgan fingerprint density at radius 2 is 2.04 bits per heavy atom. The van der Waals surface area contributed by atoms with Crippen molar-refractivity contribution in [3.8, 4) is 0 Å². The molecule has 0 unspecified atom stereocenters. The van der Waals surface area contributed by atoms with E-state index < -0.39 is 0 Å². The quantitative estimate of drug-likeness (QED) is 0.731. The highest BCUT2D eigenvalue weighted by atomic mass is 32.2. The number of nitrogens with one attached hydrogen (secondary N) is 1. The van der Waals surface area contributed by atoms with Crippen LogP contribution in [0, 0.1) is 0 Å². The fraction of sp³-hybridized carbons (Fsp3) is 0.278. The van der Waals surface area contributed by atoms with Crippen LogP contribution in [0.2, 0.25) is 0 Å². The molecule has 3 aromatic rings. The van der Waals surface area contributed by atoms with Gasteiger partial charge in [-0.25, -0.2) is 9.50 Å². The van der Waals surface area contributed by atoms with Crippen molar-refractivity contribution in [1.82, 2.24) is 14.6 Å². The topological polar surface area (TPSA) is 85.3 Å². The van der Waals surface area contributed by atoms with Gasteiger partial charge in [-0.15, -0.1) is 0 Å². The van der Waals surface area contributed by atoms with Crippen LogP contribution in [0.5, 0.6) is 0 Å². The summed E-state index contributed by atoms with van der Waals surface area (Å²) in [5.74, 6) is 1.23. The van der Waals surface area contributed by atoms with Crippen LogP contribution in [0.25, 0.3) is 5.52 Å². The summed E-state index contributed by atoms with van der Waals surface area (Å²) in [6.07, 6.45) is 3.47. The molecule has 0 bridgehead atoms. The first-order valence-corrected chi connectivity index (χ1v) is 9.42. The Morgan fingerprint density at radius 3 is 2.68 bits per heavy atom. The van der Waals surface area contributed by atoms with Crippen LogP contribution >= 0.6 is 11.8 Å². The highest BCUT2D eigenvalue weighted by molar-refractivity contribution is 7.97.